The van der Waals surface area contributed by atoms with Gasteiger partial charge in [-0.2, -0.15) is 0 Å². The molecule has 2 saturated carbocycles. The van der Waals surface area contributed by atoms with E-state index in [2.05, 4.69) is 4.98 Å². The zero-order valence-corrected chi connectivity index (χ0v) is 9.95. The lowest BCUT2D eigenvalue weighted by Crippen LogP contribution is -2.40. The fourth-order valence-electron chi connectivity index (χ4n) is 3.42. The molecule has 4 unspecified atom stereocenters. The molecule has 16 heavy (non-hydrogen) atoms. The van der Waals surface area contributed by atoms with E-state index >= 15 is 0 Å². The first-order valence-electron chi connectivity index (χ1n) is 5.92. The minimum Gasteiger partial charge on any atom is -0.327 e. The van der Waals surface area contributed by atoms with E-state index in [0.29, 0.717) is 24.0 Å². The van der Waals surface area contributed by atoms with Crippen molar-refractivity contribution in [1.82, 2.24) is 4.98 Å². The molecule has 2 aliphatic rings. The molecule has 0 spiro atoms. The topological polar surface area (TPSA) is 56.0 Å². The molecule has 3 nitrogen and oxygen atoms in total. The molecular weight excluding hydrogens is 220 g/mol. The SMILES string of the molecule is NC1C2CCC(C2)C1C(=O)Cc1nccs1. The molecule has 0 aromatic carbocycles. The van der Waals surface area contributed by atoms with E-state index in [0.717, 1.165) is 5.01 Å². The van der Waals surface area contributed by atoms with Crippen molar-refractivity contribution in [2.24, 2.45) is 23.5 Å². The average Bonchev–Trinajstić information content (AvgIpc) is 2.92. The fourth-order valence-corrected chi connectivity index (χ4v) is 4.05. The number of nitrogens with two attached hydrogens (primary N) is 1. The van der Waals surface area contributed by atoms with Crippen LogP contribution in [0.2, 0.25) is 0 Å². The van der Waals surface area contributed by atoms with Crippen molar-refractivity contribution in [3.8, 4) is 0 Å². The minimum absolute atomic E-state index is 0.114. The first-order chi connectivity index (χ1) is 7.75. The summed E-state index contributed by atoms with van der Waals surface area (Å²) in [5.74, 6) is 1.60. The molecule has 1 heterocycles. The molecule has 2 aliphatic carbocycles. The summed E-state index contributed by atoms with van der Waals surface area (Å²) in [5.41, 5.74) is 6.16. The molecule has 0 saturated heterocycles. The van der Waals surface area contributed by atoms with Crippen LogP contribution in [0.4, 0.5) is 0 Å². The Bertz CT molecular complexity index is 388. The summed E-state index contributed by atoms with van der Waals surface area (Å²) < 4.78 is 0. The van der Waals surface area contributed by atoms with Crippen LogP contribution in [0.5, 0.6) is 0 Å². The van der Waals surface area contributed by atoms with Gasteiger partial charge in [0.15, 0.2) is 0 Å². The fraction of sp³-hybridized carbons (Fsp3) is 0.667. The van der Waals surface area contributed by atoms with Crippen LogP contribution in [0, 0.1) is 17.8 Å². The average molecular weight is 236 g/mol. The Morgan fingerprint density at radius 3 is 2.94 bits per heavy atom. The molecular formula is C12H16N2OS. The van der Waals surface area contributed by atoms with Crippen molar-refractivity contribution < 1.29 is 4.79 Å². The van der Waals surface area contributed by atoms with Crippen molar-refractivity contribution in [1.29, 1.82) is 0 Å². The van der Waals surface area contributed by atoms with E-state index in [1.54, 1.807) is 17.5 Å². The van der Waals surface area contributed by atoms with Gasteiger partial charge in [0.25, 0.3) is 0 Å². The number of hydrogen-bond acceptors (Lipinski definition) is 4. The van der Waals surface area contributed by atoms with Gasteiger partial charge in [0.05, 0.1) is 11.4 Å². The molecule has 4 heteroatoms. The number of aromatic nitrogens is 1. The van der Waals surface area contributed by atoms with Gasteiger partial charge in [0, 0.05) is 23.5 Å². The van der Waals surface area contributed by atoms with E-state index in [-0.39, 0.29) is 12.0 Å². The number of carbonyl (C=O) groups excluding carboxylic acids is 1. The summed E-state index contributed by atoms with van der Waals surface area (Å²) in [4.78, 5) is 16.4. The second kappa shape index (κ2) is 3.93. The molecule has 1 aromatic rings. The van der Waals surface area contributed by atoms with Crippen LogP contribution in [0.15, 0.2) is 11.6 Å². The summed E-state index contributed by atoms with van der Waals surface area (Å²) in [7, 11) is 0. The van der Waals surface area contributed by atoms with Crippen LogP contribution in [0.1, 0.15) is 24.3 Å². The third kappa shape index (κ3) is 1.60. The lowest BCUT2D eigenvalue weighted by molar-refractivity contribution is -0.124. The van der Waals surface area contributed by atoms with Crippen LogP contribution in [0.3, 0.4) is 0 Å². The van der Waals surface area contributed by atoms with Crippen molar-refractivity contribution >= 4 is 17.1 Å². The lowest BCUT2D eigenvalue weighted by Gasteiger charge is -2.26. The van der Waals surface area contributed by atoms with Crippen molar-refractivity contribution in [2.75, 3.05) is 0 Å². The molecule has 0 aliphatic heterocycles. The molecule has 0 radical (unpaired) electrons. The van der Waals surface area contributed by atoms with E-state index in [1.807, 2.05) is 5.38 Å². The Labute approximate surface area is 99.1 Å². The highest BCUT2D eigenvalue weighted by Crippen LogP contribution is 2.48. The van der Waals surface area contributed by atoms with Gasteiger partial charge in [-0.15, -0.1) is 11.3 Å². The van der Waals surface area contributed by atoms with Gasteiger partial charge in [0.2, 0.25) is 0 Å². The maximum atomic E-state index is 12.2. The highest BCUT2D eigenvalue weighted by Gasteiger charge is 2.48. The van der Waals surface area contributed by atoms with Crippen LogP contribution in [-0.2, 0) is 11.2 Å². The van der Waals surface area contributed by atoms with Gasteiger partial charge in [-0.25, -0.2) is 4.98 Å². The Morgan fingerprint density at radius 2 is 2.31 bits per heavy atom. The maximum Gasteiger partial charge on any atom is 0.144 e. The van der Waals surface area contributed by atoms with Crippen LogP contribution in [0.25, 0.3) is 0 Å². The number of hydrogen-bond donors (Lipinski definition) is 1. The van der Waals surface area contributed by atoms with E-state index in [1.165, 1.54) is 19.3 Å². The Balaban J connectivity index is 1.71. The van der Waals surface area contributed by atoms with E-state index in [4.69, 9.17) is 5.73 Å². The summed E-state index contributed by atoms with van der Waals surface area (Å²) in [5, 5.41) is 2.85. The number of rotatable bonds is 3. The van der Waals surface area contributed by atoms with Crippen LogP contribution < -0.4 is 5.73 Å². The number of fused-ring (bicyclic) bond motifs is 2. The second-order valence-corrected chi connectivity index (χ2v) is 5.98. The quantitative estimate of drug-likeness (QED) is 0.867. The Morgan fingerprint density at radius 1 is 1.50 bits per heavy atom. The second-order valence-electron chi connectivity index (χ2n) is 5.01. The molecule has 2 bridgehead atoms. The standard InChI is InChI=1S/C12H16N2OS/c13-12-8-2-1-7(5-8)11(12)9(15)6-10-14-3-4-16-10/h3-4,7-8,11-12H,1-2,5-6,13H2. The molecule has 2 fully saturated rings. The lowest BCUT2D eigenvalue weighted by atomic mass is 9.81. The first-order valence-corrected chi connectivity index (χ1v) is 6.80. The number of ketones is 1. The summed E-state index contributed by atoms with van der Waals surface area (Å²) in [6, 6.07) is 0.117. The number of Topliss-reactive ketones (excluding diaryl/α,β-unsaturated/α-hetero) is 1. The highest BCUT2D eigenvalue weighted by atomic mass is 32.1. The third-order valence-corrected chi connectivity index (χ3v) is 4.94. The van der Waals surface area contributed by atoms with Gasteiger partial charge in [-0.05, 0) is 31.1 Å². The van der Waals surface area contributed by atoms with Gasteiger partial charge in [-0.3, -0.25) is 4.79 Å². The third-order valence-electron chi connectivity index (χ3n) is 4.16. The van der Waals surface area contributed by atoms with Crippen LogP contribution in [-0.4, -0.2) is 16.8 Å². The summed E-state index contributed by atoms with van der Waals surface area (Å²) in [6.45, 7) is 0. The molecule has 86 valence electrons. The Kier molecular flexibility index (Phi) is 2.56. The molecule has 4 atom stereocenters. The monoisotopic (exact) mass is 236 g/mol. The predicted molar refractivity (Wildman–Crippen MR) is 63.1 cm³/mol. The summed E-state index contributed by atoms with van der Waals surface area (Å²) in [6.07, 6.45) is 5.85. The number of nitrogens with zero attached hydrogens (tertiary/aromatic N) is 1. The zero-order valence-electron chi connectivity index (χ0n) is 9.13. The van der Waals surface area contributed by atoms with Crippen molar-refractivity contribution in [3.05, 3.63) is 16.6 Å². The van der Waals surface area contributed by atoms with Crippen molar-refractivity contribution in [3.63, 3.8) is 0 Å². The smallest absolute Gasteiger partial charge is 0.144 e. The predicted octanol–water partition coefficient (Wildman–Crippen LogP) is 1.63. The van der Waals surface area contributed by atoms with Gasteiger partial charge in [-0.1, -0.05) is 0 Å². The number of carbonyl (C=O) groups is 1. The highest BCUT2D eigenvalue weighted by molar-refractivity contribution is 7.09. The largest absolute Gasteiger partial charge is 0.327 e. The molecule has 2 N–H and O–H groups in total. The first kappa shape index (κ1) is 10.4. The molecule has 3 rings (SSSR count). The normalized spacial score (nSPS) is 36.8. The van der Waals surface area contributed by atoms with E-state index < -0.39 is 0 Å². The zero-order chi connectivity index (χ0) is 11.1. The molecule has 1 aromatic heterocycles. The van der Waals surface area contributed by atoms with Gasteiger partial charge < -0.3 is 5.73 Å². The Hall–Kier alpha value is -0.740. The molecule has 0 amide bonds. The minimum atomic E-state index is 0.114. The van der Waals surface area contributed by atoms with E-state index in [9.17, 15) is 4.79 Å². The summed E-state index contributed by atoms with van der Waals surface area (Å²) >= 11 is 1.56. The van der Waals surface area contributed by atoms with Crippen molar-refractivity contribution in [2.45, 2.75) is 31.7 Å². The van der Waals surface area contributed by atoms with Gasteiger partial charge in [0.1, 0.15) is 5.78 Å². The number of thiazole rings is 1. The van der Waals surface area contributed by atoms with Crippen LogP contribution >= 0.6 is 11.3 Å². The van der Waals surface area contributed by atoms with Gasteiger partial charge >= 0.3 is 0 Å². The maximum absolute atomic E-state index is 12.2.